The summed E-state index contributed by atoms with van der Waals surface area (Å²) in [5.41, 5.74) is 0. The summed E-state index contributed by atoms with van der Waals surface area (Å²) in [5, 5.41) is 2.87. The van der Waals surface area contributed by atoms with E-state index in [1.54, 1.807) is 18.5 Å². The molecular formula is C16H20F3N5O2. The second-order valence-corrected chi connectivity index (χ2v) is 6.61. The molecule has 3 heterocycles. The number of carbonyl (C=O) groups is 2. The number of nitrogens with zero attached hydrogens (tertiary/aromatic N) is 4. The summed E-state index contributed by atoms with van der Waals surface area (Å²) in [7, 11) is 0. The Hall–Kier alpha value is -2.39. The van der Waals surface area contributed by atoms with Crippen LogP contribution in [0.25, 0.3) is 0 Å². The zero-order valence-electron chi connectivity index (χ0n) is 14.1. The number of alkyl halides is 3. The Balaban J connectivity index is 1.47. The molecule has 2 saturated heterocycles. The lowest BCUT2D eigenvalue weighted by Gasteiger charge is -2.32. The molecule has 10 heteroatoms. The van der Waals surface area contributed by atoms with Crippen molar-refractivity contribution in [3.8, 4) is 0 Å². The molecule has 0 spiro atoms. The van der Waals surface area contributed by atoms with Crippen molar-refractivity contribution < 1.29 is 22.8 Å². The highest BCUT2D eigenvalue weighted by Gasteiger charge is 2.41. The van der Waals surface area contributed by atoms with Gasteiger partial charge in [-0.1, -0.05) is 0 Å². The third-order valence-electron chi connectivity index (χ3n) is 4.63. The Kier molecular flexibility index (Phi) is 5.28. The minimum absolute atomic E-state index is 0.0609. The van der Waals surface area contributed by atoms with Gasteiger partial charge in [-0.3, -0.25) is 9.59 Å². The maximum absolute atomic E-state index is 12.4. The molecule has 0 saturated carbocycles. The van der Waals surface area contributed by atoms with Gasteiger partial charge >= 0.3 is 6.18 Å². The van der Waals surface area contributed by atoms with E-state index in [2.05, 4.69) is 15.3 Å². The van der Waals surface area contributed by atoms with Crippen LogP contribution >= 0.6 is 0 Å². The number of halogens is 3. The Morgan fingerprint density at radius 2 is 1.88 bits per heavy atom. The average molecular weight is 371 g/mol. The molecule has 3 rings (SSSR count). The molecule has 2 aliphatic rings. The Bertz CT molecular complexity index is 647. The van der Waals surface area contributed by atoms with Crippen LogP contribution in [0.3, 0.4) is 0 Å². The quantitative estimate of drug-likeness (QED) is 0.854. The van der Waals surface area contributed by atoms with Gasteiger partial charge in [0, 0.05) is 44.5 Å². The van der Waals surface area contributed by atoms with Gasteiger partial charge in [-0.15, -0.1) is 0 Å². The maximum Gasteiger partial charge on any atom is 0.406 e. The molecule has 0 aliphatic carbocycles. The van der Waals surface area contributed by atoms with Gasteiger partial charge in [0.05, 0.1) is 5.92 Å². The largest absolute Gasteiger partial charge is 0.406 e. The SMILES string of the molecule is O=C(NC1CCN(c2ncccn2)CC1)C1CC(=O)N(CC(F)(F)F)C1. The van der Waals surface area contributed by atoms with Crippen molar-refractivity contribution in [1.29, 1.82) is 0 Å². The van der Waals surface area contributed by atoms with Crippen LogP contribution in [0.5, 0.6) is 0 Å². The van der Waals surface area contributed by atoms with Crippen molar-refractivity contribution in [2.75, 3.05) is 31.1 Å². The molecule has 142 valence electrons. The first-order valence-corrected chi connectivity index (χ1v) is 8.49. The van der Waals surface area contributed by atoms with Crippen LogP contribution in [-0.2, 0) is 9.59 Å². The molecule has 1 aromatic rings. The van der Waals surface area contributed by atoms with E-state index in [9.17, 15) is 22.8 Å². The maximum atomic E-state index is 12.4. The lowest BCUT2D eigenvalue weighted by Crippen LogP contribution is -2.47. The fourth-order valence-electron chi connectivity index (χ4n) is 3.31. The fraction of sp³-hybridized carbons (Fsp3) is 0.625. The summed E-state index contributed by atoms with van der Waals surface area (Å²) in [5.74, 6) is -1.06. The molecule has 0 radical (unpaired) electrons. The van der Waals surface area contributed by atoms with Crippen LogP contribution < -0.4 is 10.2 Å². The number of amides is 2. The lowest BCUT2D eigenvalue weighted by molar-refractivity contribution is -0.157. The number of piperidine rings is 1. The highest BCUT2D eigenvalue weighted by Crippen LogP contribution is 2.24. The van der Waals surface area contributed by atoms with Gasteiger partial charge in [0.2, 0.25) is 17.8 Å². The smallest absolute Gasteiger partial charge is 0.353 e. The summed E-state index contributed by atoms with van der Waals surface area (Å²) in [6.07, 6.45) is 0.0971. The standard InChI is InChI=1S/C16H20F3N5O2/c17-16(18,19)10-24-9-11(8-13(24)25)14(26)22-12-2-6-23(7-3-12)15-20-4-1-5-21-15/h1,4-5,11-12H,2-3,6-10H2,(H,22,26). The van der Waals surface area contributed by atoms with E-state index in [-0.39, 0.29) is 24.9 Å². The molecular weight excluding hydrogens is 351 g/mol. The van der Waals surface area contributed by atoms with E-state index in [0.717, 1.165) is 0 Å². The molecule has 0 bridgehead atoms. The van der Waals surface area contributed by atoms with Crippen molar-refractivity contribution in [3.63, 3.8) is 0 Å². The van der Waals surface area contributed by atoms with Crippen LogP contribution in [0.2, 0.25) is 0 Å². The molecule has 1 N–H and O–H groups in total. The highest BCUT2D eigenvalue weighted by molar-refractivity contribution is 5.89. The van der Waals surface area contributed by atoms with Crippen molar-refractivity contribution in [1.82, 2.24) is 20.2 Å². The number of hydrogen-bond acceptors (Lipinski definition) is 5. The van der Waals surface area contributed by atoms with E-state index in [4.69, 9.17) is 0 Å². The number of likely N-dealkylation sites (tertiary alicyclic amines) is 1. The summed E-state index contributed by atoms with van der Waals surface area (Å²) in [4.78, 5) is 35.1. The summed E-state index contributed by atoms with van der Waals surface area (Å²) in [6, 6.07) is 1.68. The molecule has 2 fully saturated rings. The summed E-state index contributed by atoms with van der Waals surface area (Å²) in [6.45, 7) is -0.122. The lowest BCUT2D eigenvalue weighted by atomic mass is 10.0. The zero-order chi connectivity index (χ0) is 18.7. The minimum Gasteiger partial charge on any atom is -0.353 e. The van der Waals surface area contributed by atoms with Gasteiger partial charge in [-0.2, -0.15) is 13.2 Å². The van der Waals surface area contributed by atoms with Crippen molar-refractivity contribution in [2.24, 2.45) is 5.92 Å². The van der Waals surface area contributed by atoms with E-state index in [1.807, 2.05) is 4.90 Å². The van der Waals surface area contributed by atoms with Crippen LogP contribution in [-0.4, -0.2) is 65.1 Å². The Morgan fingerprint density at radius 1 is 1.23 bits per heavy atom. The average Bonchev–Trinajstić information content (AvgIpc) is 2.95. The Labute approximate surface area is 148 Å². The molecule has 7 nitrogen and oxygen atoms in total. The molecule has 2 amide bonds. The first-order chi connectivity index (χ1) is 12.3. The van der Waals surface area contributed by atoms with E-state index >= 15 is 0 Å². The van der Waals surface area contributed by atoms with Gasteiger partial charge in [0.15, 0.2) is 0 Å². The third kappa shape index (κ3) is 4.61. The fourth-order valence-corrected chi connectivity index (χ4v) is 3.31. The molecule has 0 aromatic carbocycles. The topological polar surface area (TPSA) is 78.4 Å². The van der Waals surface area contributed by atoms with Crippen LogP contribution in [0.15, 0.2) is 18.5 Å². The van der Waals surface area contributed by atoms with Gasteiger partial charge in [-0.25, -0.2) is 9.97 Å². The van der Waals surface area contributed by atoms with Crippen molar-refractivity contribution >= 4 is 17.8 Å². The predicted molar refractivity (Wildman–Crippen MR) is 86.2 cm³/mol. The number of nitrogens with one attached hydrogen (secondary N) is 1. The first-order valence-electron chi connectivity index (χ1n) is 8.49. The second-order valence-electron chi connectivity index (χ2n) is 6.61. The van der Waals surface area contributed by atoms with Crippen LogP contribution in [0.4, 0.5) is 19.1 Å². The van der Waals surface area contributed by atoms with Gasteiger partial charge < -0.3 is 15.1 Å². The number of hydrogen-bond donors (Lipinski definition) is 1. The van der Waals surface area contributed by atoms with Crippen LogP contribution in [0, 0.1) is 5.92 Å². The summed E-state index contributed by atoms with van der Waals surface area (Å²) < 4.78 is 37.3. The van der Waals surface area contributed by atoms with E-state index < -0.39 is 24.5 Å². The normalized spacial score (nSPS) is 22.0. The van der Waals surface area contributed by atoms with Crippen molar-refractivity contribution in [2.45, 2.75) is 31.5 Å². The first kappa shape index (κ1) is 18.4. The van der Waals surface area contributed by atoms with E-state index in [1.165, 1.54) is 0 Å². The monoisotopic (exact) mass is 371 g/mol. The van der Waals surface area contributed by atoms with Crippen LogP contribution in [0.1, 0.15) is 19.3 Å². The highest BCUT2D eigenvalue weighted by atomic mass is 19.4. The van der Waals surface area contributed by atoms with Gasteiger partial charge in [-0.05, 0) is 18.9 Å². The Morgan fingerprint density at radius 3 is 2.50 bits per heavy atom. The number of anilines is 1. The molecule has 2 aliphatic heterocycles. The van der Waals surface area contributed by atoms with Crippen molar-refractivity contribution in [3.05, 3.63) is 18.5 Å². The zero-order valence-corrected chi connectivity index (χ0v) is 14.1. The predicted octanol–water partition coefficient (Wildman–Crippen LogP) is 0.972. The molecule has 1 aromatic heterocycles. The number of carbonyl (C=O) groups excluding carboxylic acids is 2. The number of rotatable bonds is 4. The summed E-state index contributed by atoms with van der Waals surface area (Å²) >= 11 is 0. The van der Waals surface area contributed by atoms with Gasteiger partial charge in [0.1, 0.15) is 6.54 Å². The number of aromatic nitrogens is 2. The molecule has 1 unspecified atom stereocenters. The van der Waals surface area contributed by atoms with E-state index in [0.29, 0.717) is 36.8 Å². The third-order valence-corrected chi connectivity index (χ3v) is 4.63. The minimum atomic E-state index is -4.45. The molecule has 26 heavy (non-hydrogen) atoms. The molecule has 1 atom stereocenters. The second kappa shape index (κ2) is 7.46. The van der Waals surface area contributed by atoms with Gasteiger partial charge in [0.25, 0.3) is 0 Å².